The largest absolute Gasteiger partial charge is 0.491 e. The fourth-order valence-electron chi connectivity index (χ4n) is 2.13. The second-order valence-corrected chi connectivity index (χ2v) is 7.53. The zero-order chi connectivity index (χ0) is 16.1. The Hall–Kier alpha value is -1.73. The molecule has 3 nitrogen and oxygen atoms in total. The number of hydrogen-bond acceptors (Lipinski definition) is 3. The summed E-state index contributed by atoms with van der Waals surface area (Å²) in [6, 6.07) is 15.0. The van der Waals surface area contributed by atoms with E-state index in [1.54, 1.807) is 0 Å². The van der Waals surface area contributed by atoms with E-state index in [4.69, 9.17) is 9.47 Å². The molecule has 0 bridgehead atoms. The topological polar surface area (TPSA) is 35.5 Å². The SMILES string of the molecule is CC(C)Oc1cccc([PH](=O)c2cccc(OC(C)C)c2)c1. The van der Waals surface area contributed by atoms with Gasteiger partial charge in [-0.3, -0.25) is 0 Å². The minimum Gasteiger partial charge on any atom is -0.491 e. The highest BCUT2D eigenvalue weighted by atomic mass is 31.1. The molecule has 2 rings (SSSR count). The lowest BCUT2D eigenvalue weighted by atomic mass is 10.3. The van der Waals surface area contributed by atoms with Crippen LogP contribution < -0.4 is 20.1 Å². The van der Waals surface area contributed by atoms with Crippen molar-refractivity contribution in [3.8, 4) is 11.5 Å². The molecule has 0 N–H and O–H groups in total. The Morgan fingerprint density at radius 1 is 0.773 bits per heavy atom. The Balaban J connectivity index is 2.24. The van der Waals surface area contributed by atoms with Crippen molar-refractivity contribution in [1.82, 2.24) is 0 Å². The lowest BCUT2D eigenvalue weighted by molar-refractivity contribution is 0.242. The van der Waals surface area contributed by atoms with Crippen LogP contribution in [0.5, 0.6) is 11.5 Å². The number of rotatable bonds is 6. The summed E-state index contributed by atoms with van der Waals surface area (Å²) in [7, 11) is -2.07. The standard InChI is InChI=1S/C18H23O3P/c1-13(2)20-15-7-5-9-17(11-15)22(19)18-10-6-8-16(12-18)21-14(3)4/h5-14,22H,1-4H3. The molecule has 0 atom stereocenters. The average Bonchev–Trinajstić information content (AvgIpc) is 2.45. The van der Waals surface area contributed by atoms with Crippen molar-refractivity contribution in [1.29, 1.82) is 0 Å². The van der Waals surface area contributed by atoms with Gasteiger partial charge in [0.15, 0.2) is 0 Å². The Morgan fingerprint density at radius 3 is 1.55 bits per heavy atom. The molecular formula is C18H23O3P. The van der Waals surface area contributed by atoms with Crippen molar-refractivity contribution in [2.45, 2.75) is 39.9 Å². The predicted molar refractivity (Wildman–Crippen MR) is 92.7 cm³/mol. The number of hydrogen-bond donors (Lipinski definition) is 0. The molecule has 0 fully saturated rings. The highest BCUT2D eigenvalue weighted by Gasteiger charge is 2.10. The molecule has 0 aliphatic heterocycles. The maximum absolute atomic E-state index is 12.8. The van der Waals surface area contributed by atoms with Gasteiger partial charge >= 0.3 is 0 Å². The van der Waals surface area contributed by atoms with Gasteiger partial charge < -0.3 is 14.0 Å². The van der Waals surface area contributed by atoms with Gasteiger partial charge in [0.05, 0.1) is 12.2 Å². The Morgan fingerprint density at radius 2 is 1.18 bits per heavy atom. The van der Waals surface area contributed by atoms with Crippen LogP contribution in [0.1, 0.15) is 27.7 Å². The van der Waals surface area contributed by atoms with Crippen LogP contribution in [-0.4, -0.2) is 12.2 Å². The molecule has 0 amide bonds. The van der Waals surface area contributed by atoms with Gasteiger partial charge in [-0.25, -0.2) is 0 Å². The van der Waals surface area contributed by atoms with E-state index in [-0.39, 0.29) is 12.2 Å². The first-order chi connectivity index (χ1) is 10.5. The summed E-state index contributed by atoms with van der Waals surface area (Å²) >= 11 is 0. The van der Waals surface area contributed by atoms with Gasteiger partial charge in [0.1, 0.15) is 19.3 Å². The summed E-state index contributed by atoms with van der Waals surface area (Å²) in [5.74, 6) is 1.50. The molecule has 2 aromatic carbocycles. The van der Waals surface area contributed by atoms with Crippen molar-refractivity contribution >= 4 is 18.4 Å². The molecule has 0 radical (unpaired) electrons. The smallest absolute Gasteiger partial charge is 0.132 e. The van der Waals surface area contributed by atoms with Crippen LogP contribution in [0.4, 0.5) is 0 Å². The molecule has 4 heteroatoms. The summed E-state index contributed by atoms with van der Waals surface area (Å²) in [6.45, 7) is 7.90. The third kappa shape index (κ3) is 4.64. The van der Waals surface area contributed by atoms with Crippen LogP contribution >= 0.6 is 7.80 Å². The van der Waals surface area contributed by atoms with Crippen LogP contribution in [-0.2, 0) is 4.57 Å². The van der Waals surface area contributed by atoms with E-state index >= 15 is 0 Å². The first-order valence-electron chi connectivity index (χ1n) is 7.54. The van der Waals surface area contributed by atoms with Crippen LogP contribution in [0, 0.1) is 0 Å². The van der Waals surface area contributed by atoms with Crippen molar-refractivity contribution in [3.63, 3.8) is 0 Å². The Bertz CT molecular complexity index is 595. The maximum atomic E-state index is 12.8. The van der Waals surface area contributed by atoms with Crippen molar-refractivity contribution in [2.24, 2.45) is 0 Å². The summed E-state index contributed by atoms with van der Waals surface area (Å²) in [4.78, 5) is 0. The van der Waals surface area contributed by atoms with E-state index < -0.39 is 7.80 Å². The van der Waals surface area contributed by atoms with Crippen LogP contribution in [0.25, 0.3) is 0 Å². The average molecular weight is 318 g/mol. The van der Waals surface area contributed by atoms with Crippen LogP contribution in [0.2, 0.25) is 0 Å². The Labute approximate surface area is 133 Å². The van der Waals surface area contributed by atoms with E-state index in [2.05, 4.69) is 0 Å². The monoisotopic (exact) mass is 318 g/mol. The first kappa shape index (κ1) is 16.6. The van der Waals surface area contributed by atoms with Gasteiger partial charge in [-0.2, -0.15) is 0 Å². The number of benzene rings is 2. The van der Waals surface area contributed by atoms with Crippen LogP contribution in [0.3, 0.4) is 0 Å². The molecule has 0 aromatic heterocycles. The molecule has 0 saturated carbocycles. The molecule has 22 heavy (non-hydrogen) atoms. The van der Waals surface area contributed by atoms with Gasteiger partial charge in [0.25, 0.3) is 0 Å². The minimum atomic E-state index is -2.07. The highest BCUT2D eigenvalue weighted by molar-refractivity contribution is 7.61. The predicted octanol–water partition coefficient (Wildman–Crippen LogP) is 3.77. The molecule has 0 heterocycles. The molecule has 0 spiro atoms. The fraction of sp³-hybridized carbons (Fsp3) is 0.333. The van der Waals surface area contributed by atoms with Crippen LogP contribution in [0.15, 0.2) is 48.5 Å². The molecule has 0 aliphatic rings. The maximum Gasteiger partial charge on any atom is 0.132 e. The molecule has 2 aromatic rings. The zero-order valence-corrected chi connectivity index (χ0v) is 14.5. The third-order valence-electron chi connectivity index (χ3n) is 2.94. The molecule has 118 valence electrons. The minimum absolute atomic E-state index is 0.0975. The second kappa shape index (κ2) is 7.51. The molecule has 0 saturated heterocycles. The normalized spacial score (nSPS) is 11.2. The van der Waals surface area contributed by atoms with E-state index in [0.29, 0.717) is 0 Å². The molecule has 0 aliphatic carbocycles. The lowest BCUT2D eigenvalue weighted by Gasteiger charge is -2.12. The first-order valence-corrected chi connectivity index (χ1v) is 8.94. The van der Waals surface area contributed by atoms with E-state index in [1.807, 2.05) is 76.2 Å². The van der Waals surface area contributed by atoms with E-state index in [0.717, 1.165) is 22.1 Å². The summed E-state index contributed by atoms with van der Waals surface area (Å²) < 4.78 is 24.1. The van der Waals surface area contributed by atoms with Crippen molar-refractivity contribution in [3.05, 3.63) is 48.5 Å². The summed E-state index contributed by atoms with van der Waals surface area (Å²) in [6.07, 6.45) is 0.195. The van der Waals surface area contributed by atoms with E-state index in [9.17, 15) is 4.57 Å². The highest BCUT2D eigenvalue weighted by Crippen LogP contribution is 2.24. The van der Waals surface area contributed by atoms with Gasteiger partial charge in [-0.15, -0.1) is 0 Å². The quantitative estimate of drug-likeness (QED) is 0.761. The van der Waals surface area contributed by atoms with Gasteiger partial charge in [-0.05, 0) is 52.0 Å². The second-order valence-electron chi connectivity index (χ2n) is 5.72. The van der Waals surface area contributed by atoms with Gasteiger partial charge in [0.2, 0.25) is 0 Å². The van der Waals surface area contributed by atoms with Crippen molar-refractivity contribution < 1.29 is 14.0 Å². The number of ether oxygens (including phenoxy) is 2. The lowest BCUT2D eigenvalue weighted by Crippen LogP contribution is -2.11. The Kier molecular flexibility index (Phi) is 5.68. The van der Waals surface area contributed by atoms with Gasteiger partial charge in [-0.1, -0.05) is 24.3 Å². The molecule has 0 unspecified atom stereocenters. The summed E-state index contributed by atoms with van der Waals surface area (Å²) in [5.41, 5.74) is 0. The molecular weight excluding hydrogens is 295 g/mol. The third-order valence-corrected chi connectivity index (χ3v) is 4.61. The zero-order valence-electron chi connectivity index (χ0n) is 13.5. The van der Waals surface area contributed by atoms with E-state index in [1.165, 1.54) is 0 Å². The van der Waals surface area contributed by atoms with Gasteiger partial charge in [0, 0.05) is 10.6 Å². The summed E-state index contributed by atoms with van der Waals surface area (Å²) in [5, 5.41) is 1.59. The fourth-order valence-corrected chi connectivity index (χ4v) is 3.51. The van der Waals surface area contributed by atoms with Crippen molar-refractivity contribution in [2.75, 3.05) is 0 Å².